The van der Waals surface area contributed by atoms with Gasteiger partial charge in [0.2, 0.25) is 5.91 Å². The molecule has 0 heterocycles. The van der Waals surface area contributed by atoms with Gasteiger partial charge in [-0.05, 0) is 6.42 Å². The van der Waals surface area contributed by atoms with Crippen LogP contribution in [-0.4, -0.2) is 41.3 Å². The molecular weight excluding hydrogens is 284 g/mol. The van der Waals surface area contributed by atoms with Crippen molar-refractivity contribution in [2.75, 3.05) is 13.2 Å². The van der Waals surface area contributed by atoms with Gasteiger partial charge in [0.05, 0.1) is 6.61 Å². The normalized spacial score (nSPS) is 13.1. The summed E-state index contributed by atoms with van der Waals surface area (Å²) in [5.74, 6) is -0.936. The molecule has 0 aromatic heterocycles. The Labute approximate surface area is 133 Å². The maximum Gasteiger partial charge on any atom is 0.253 e. The second-order valence-electron chi connectivity index (χ2n) is 6.10. The lowest BCUT2D eigenvalue weighted by atomic mass is 9.87. The van der Waals surface area contributed by atoms with E-state index in [-0.39, 0.29) is 12.5 Å². The Kier molecular flexibility index (Phi) is 10.5. The first kappa shape index (κ1) is 20.6. The molecule has 0 saturated heterocycles. The van der Waals surface area contributed by atoms with E-state index in [9.17, 15) is 14.7 Å². The Hall–Kier alpha value is -1.40. The largest absolute Gasteiger partial charge is 0.396 e. The summed E-state index contributed by atoms with van der Waals surface area (Å²) in [5, 5.41) is 23.9. The minimum Gasteiger partial charge on any atom is -0.396 e. The maximum absolute atomic E-state index is 11.6. The lowest BCUT2D eigenvalue weighted by molar-refractivity contribution is -0.136. The fraction of sp³-hybridized carbons (Fsp3) is 0.750. The molecule has 6 heteroatoms. The number of carbonyl (C=O) groups is 2. The first-order valence-electron chi connectivity index (χ1n) is 7.88. The summed E-state index contributed by atoms with van der Waals surface area (Å²) in [6, 6.07) is 0. The van der Waals surface area contributed by atoms with E-state index in [2.05, 4.69) is 17.6 Å². The van der Waals surface area contributed by atoms with E-state index in [1.54, 1.807) is 13.8 Å². The van der Waals surface area contributed by atoms with E-state index in [0.29, 0.717) is 6.54 Å². The highest BCUT2D eigenvalue weighted by Gasteiger charge is 2.32. The van der Waals surface area contributed by atoms with E-state index in [1.807, 2.05) is 0 Å². The molecule has 0 aliphatic heterocycles. The van der Waals surface area contributed by atoms with Crippen molar-refractivity contribution in [2.24, 2.45) is 5.41 Å². The Morgan fingerprint density at radius 3 is 2.41 bits per heavy atom. The minimum absolute atomic E-state index is 0.285. The summed E-state index contributed by atoms with van der Waals surface area (Å²) in [7, 11) is 0. The van der Waals surface area contributed by atoms with Gasteiger partial charge in [0, 0.05) is 24.2 Å². The van der Waals surface area contributed by atoms with Crippen LogP contribution in [0.3, 0.4) is 0 Å². The van der Waals surface area contributed by atoms with Crippen LogP contribution in [0.1, 0.15) is 52.9 Å². The Bertz CT molecular complexity index is 367. The third kappa shape index (κ3) is 8.79. The molecule has 6 nitrogen and oxygen atoms in total. The molecule has 0 aromatic carbocycles. The Morgan fingerprint density at radius 1 is 1.18 bits per heavy atom. The fourth-order valence-electron chi connectivity index (χ4n) is 1.72. The van der Waals surface area contributed by atoms with Gasteiger partial charge >= 0.3 is 0 Å². The van der Waals surface area contributed by atoms with Crippen LogP contribution in [0.15, 0.2) is 12.3 Å². The number of hydrogen-bond donors (Lipinski definition) is 4. The van der Waals surface area contributed by atoms with Gasteiger partial charge in [0.1, 0.15) is 6.10 Å². The zero-order valence-electron chi connectivity index (χ0n) is 13.9. The molecule has 1 atom stereocenters. The molecule has 0 aromatic rings. The zero-order chi connectivity index (χ0) is 17.0. The molecule has 0 rings (SSSR count). The summed E-state index contributed by atoms with van der Waals surface area (Å²) >= 11 is 0. The van der Waals surface area contributed by atoms with Crippen molar-refractivity contribution < 1.29 is 19.8 Å². The summed E-state index contributed by atoms with van der Waals surface area (Å²) in [5.41, 5.74) is -0.932. The number of amides is 2. The smallest absolute Gasteiger partial charge is 0.253 e. The Balaban J connectivity index is 3.92. The van der Waals surface area contributed by atoms with E-state index in [0.717, 1.165) is 12.8 Å². The monoisotopic (exact) mass is 314 g/mol. The van der Waals surface area contributed by atoms with Crippen LogP contribution >= 0.6 is 0 Å². The molecule has 0 spiro atoms. The van der Waals surface area contributed by atoms with E-state index in [4.69, 9.17) is 5.11 Å². The maximum atomic E-state index is 11.6. The van der Waals surface area contributed by atoms with Crippen molar-refractivity contribution in [2.45, 2.75) is 59.0 Å². The molecule has 128 valence electrons. The Morgan fingerprint density at radius 2 is 1.82 bits per heavy atom. The van der Waals surface area contributed by atoms with E-state index < -0.39 is 17.4 Å². The highest BCUT2D eigenvalue weighted by molar-refractivity contribution is 5.88. The number of rotatable bonds is 11. The second-order valence-corrected chi connectivity index (χ2v) is 6.10. The average Bonchev–Trinajstić information content (AvgIpc) is 2.49. The van der Waals surface area contributed by atoms with Crippen LogP contribution in [0.5, 0.6) is 0 Å². The summed E-state index contributed by atoms with van der Waals surface area (Å²) in [4.78, 5) is 23.1. The molecule has 0 aliphatic carbocycles. The number of hydrogen-bond acceptors (Lipinski definition) is 4. The van der Waals surface area contributed by atoms with Crippen LogP contribution in [0.2, 0.25) is 0 Å². The third-order valence-electron chi connectivity index (χ3n) is 3.44. The standard InChI is InChI=1S/C16H30N2O4/c1-4-5-6-7-8-10-17-13(20)9-11-18-15(22)14(21)16(2,3)12-19/h9,11,14,19,21H,4-8,10,12H2,1-3H3,(H,17,20)(H,18,22)/b11-9+/t14-/m0/s1. The number of aliphatic hydroxyl groups excluding tert-OH is 2. The average molecular weight is 314 g/mol. The van der Waals surface area contributed by atoms with Crippen LogP contribution in [-0.2, 0) is 9.59 Å². The van der Waals surface area contributed by atoms with Gasteiger partial charge in [-0.2, -0.15) is 0 Å². The van der Waals surface area contributed by atoms with Crippen molar-refractivity contribution in [3.63, 3.8) is 0 Å². The molecule has 0 unspecified atom stereocenters. The van der Waals surface area contributed by atoms with Gasteiger partial charge < -0.3 is 20.8 Å². The molecule has 4 N–H and O–H groups in total. The van der Waals surface area contributed by atoms with Crippen molar-refractivity contribution in [1.29, 1.82) is 0 Å². The number of nitrogens with one attached hydrogen (secondary N) is 2. The van der Waals surface area contributed by atoms with Crippen molar-refractivity contribution >= 4 is 11.8 Å². The quantitative estimate of drug-likeness (QED) is 0.339. The SMILES string of the molecule is CCCCCCCNC(=O)/C=C/NC(=O)[C@H](O)C(C)(C)CO. The predicted octanol–water partition coefficient (Wildman–Crippen LogP) is 1.08. The molecule has 0 radical (unpaired) electrons. The molecule has 2 amide bonds. The molecule has 0 aliphatic rings. The first-order chi connectivity index (χ1) is 10.3. The van der Waals surface area contributed by atoms with Crippen molar-refractivity contribution in [1.82, 2.24) is 10.6 Å². The van der Waals surface area contributed by atoms with Crippen LogP contribution < -0.4 is 10.6 Å². The predicted molar refractivity (Wildman–Crippen MR) is 85.9 cm³/mol. The van der Waals surface area contributed by atoms with E-state index >= 15 is 0 Å². The zero-order valence-corrected chi connectivity index (χ0v) is 13.9. The number of aliphatic hydroxyl groups is 2. The second kappa shape index (κ2) is 11.2. The highest BCUT2D eigenvalue weighted by atomic mass is 16.3. The topological polar surface area (TPSA) is 98.7 Å². The van der Waals surface area contributed by atoms with Gasteiger partial charge in [0.15, 0.2) is 0 Å². The molecule has 0 saturated carbocycles. The van der Waals surface area contributed by atoms with Crippen molar-refractivity contribution in [3.8, 4) is 0 Å². The van der Waals surface area contributed by atoms with Gasteiger partial charge in [-0.15, -0.1) is 0 Å². The molecule has 0 fully saturated rings. The van der Waals surface area contributed by atoms with Crippen LogP contribution in [0.4, 0.5) is 0 Å². The summed E-state index contributed by atoms with van der Waals surface area (Å²) in [6.07, 6.45) is 6.68. The van der Waals surface area contributed by atoms with Crippen LogP contribution in [0, 0.1) is 5.41 Å². The molecule has 22 heavy (non-hydrogen) atoms. The van der Waals surface area contributed by atoms with Gasteiger partial charge in [-0.3, -0.25) is 9.59 Å². The van der Waals surface area contributed by atoms with Crippen LogP contribution in [0.25, 0.3) is 0 Å². The molecule has 0 bridgehead atoms. The van der Waals surface area contributed by atoms with Gasteiger partial charge in [0.25, 0.3) is 5.91 Å². The highest BCUT2D eigenvalue weighted by Crippen LogP contribution is 2.19. The van der Waals surface area contributed by atoms with E-state index in [1.165, 1.54) is 31.5 Å². The fourth-order valence-corrected chi connectivity index (χ4v) is 1.72. The summed E-state index contributed by atoms with van der Waals surface area (Å²) < 4.78 is 0. The van der Waals surface area contributed by atoms with Crippen molar-refractivity contribution in [3.05, 3.63) is 12.3 Å². The molecular formula is C16H30N2O4. The lowest BCUT2D eigenvalue weighted by Crippen LogP contribution is -2.44. The lowest BCUT2D eigenvalue weighted by Gasteiger charge is -2.26. The number of unbranched alkanes of at least 4 members (excludes halogenated alkanes) is 4. The van der Waals surface area contributed by atoms with Gasteiger partial charge in [-0.1, -0.05) is 46.5 Å². The van der Waals surface area contributed by atoms with Gasteiger partial charge in [-0.25, -0.2) is 0 Å². The summed E-state index contributed by atoms with van der Waals surface area (Å²) in [6.45, 7) is 5.60. The minimum atomic E-state index is -1.34. The first-order valence-corrected chi connectivity index (χ1v) is 7.88. The number of carbonyl (C=O) groups excluding carboxylic acids is 2. The third-order valence-corrected chi connectivity index (χ3v) is 3.44.